The number of carbonyl (C=O) groups is 1. The van der Waals surface area contributed by atoms with Gasteiger partial charge in [-0.2, -0.15) is 5.26 Å². The fourth-order valence-corrected chi connectivity index (χ4v) is 2.00. The van der Waals surface area contributed by atoms with Gasteiger partial charge in [0.1, 0.15) is 5.82 Å². The molecule has 0 bridgehead atoms. The quantitative estimate of drug-likeness (QED) is 0.851. The third-order valence-electron chi connectivity index (χ3n) is 2.65. The molecule has 0 saturated heterocycles. The molecule has 5 heteroatoms. The maximum Gasteiger partial charge on any atom is 0.248 e. The standard InChI is InChI=1S/C16H10BrFN2O/c17-13-4-7-15(18)12(9-13)3-8-16(21)20-14-5-1-11(10-19)2-6-14/h1-9H,(H,20,21)/b8-3+. The van der Waals surface area contributed by atoms with Crippen molar-refractivity contribution in [2.24, 2.45) is 0 Å². The summed E-state index contributed by atoms with van der Waals surface area (Å²) in [6.07, 6.45) is 2.65. The van der Waals surface area contributed by atoms with Crippen LogP contribution in [0, 0.1) is 17.1 Å². The fourth-order valence-electron chi connectivity index (χ4n) is 1.62. The van der Waals surface area contributed by atoms with E-state index < -0.39 is 5.82 Å². The molecule has 21 heavy (non-hydrogen) atoms. The van der Waals surface area contributed by atoms with Crippen molar-refractivity contribution in [3.63, 3.8) is 0 Å². The SMILES string of the molecule is N#Cc1ccc(NC(=O)/C=C/c2cc(Br)ccc2F)cc1. The molecule has 0 spiro atoms. The van der Waals surface area contributed by atoms with Crippen molar-refractivity contribution in [2.75, 3.05) is 5.32 Å². The first-order valence-electron chi connectivity index (χ1n) is 6.03. The minimum atomic E-state index is -0.402. The molecule has 1 N–H and O–H groups in total. The average molecular weight is 345 g/mol. The molecule has 0 aliphatic carbocycles. The number of nitriles is 1. The normalized spacial score (nSPS) is 10.3. The van der Waals surface area contributed by atoms with E-state index in [2.05, 4.69) is 21.2 Å². The molecular weight excluding hydrogens is 335 g/mol. The molecule has 0 aliphatic rings. The first-order valence-corrected chi connectivity index (χ1v) is 6.82. The smallest absolute Gasteiger partial charge is 0.248 e. The maximum absolute atomic E-state index is 13.5. The highest BCUT2D eigenvalue weighted by Crippen LogP contribution is 2.17. The first kappa shape index (κ1) is 14.9. The summed E-state index contributed by atoms with van der Waals surface area (Å²) >= 11 is 3.24. The van der Waals surface area contributed by atoms with Crippen LogP contribution < -0.4 is 5.32 Å². The van der Waals surface area contributed by atoms with Gasteiger partial charge in [0.05, 0.1) is 11.6 Å². The molecule has 1 amide bonds. The van der Waals surface area contributed by atoms with Gasteiger partial charge in [0.2, 0.25) is 5.91 Å². The summed E-state index contributed by atoms with van der Waals surface area (Å²) in [6.45, 7) is 0. The van der Waals surface area contributed by atoms with E-state index in [0.717, 1.165) is 4.47 Å². The highest BCUT2D eigenvalue weighted by Gasteiger charge is 2.01. The van der Waals surface area contributed by atoms with Gasteiger partial charge in [-0.05, 0) is 48.5 Å². The molecule has 2 rings (SSSR count). The molecule has 0 aliphatic heterocycles. The Hall–Kier alpha value is -2.45. The van der Waals surface area contributed by atoms with Crippen LogP contribution in [0.15, 0.2) is 53.0 Å². The summed E-state index contributed by atoms with van der Waals surface area (Å²) in [4.78, 5) is 11.7. The second-order valence-corrected chi connectivity index (χ2v) is 5.09. The van der Waals surface area contributed by atoms with E-state index in [-0.39, 0.29) is 5.91 Å². The lowest BCUT2D eigenvalue weighted by molar-refractivity contribution is -0.111. The van der Waals surface area contributed by atoms with Crippen molar-refractivity contribution >= 4 is 33.6 Å². The Morgan fingerprint density at radius 1 is 1.24 bits per heavy atom. The number of nitrogens with zero attached hydrogens (tertiary/aromatic N) is 1. The van der Waals surface area contributed by atoms with Gasteiger partial charge in [-0.15, -0.1) is 0 Å². The second-order valence-electron chi connectivity index (χ2n) is 4.18. The summed E-state index contributed by atoms with van der Waals surface area (Å²) in [5, 5.41) is 11.3. The van der Waals surface area contributed by atoms with E-state index in [0.29, 0.717) is 16.8 Å². The molecule has 2 aromatic carbocycles. The van der Waals surface area contributed by atoms with Crippen molar-refractivity contribution in [3.05, 3.63) is 70.0 Å². The Morgan fingerprint density at radius 3 is 2.62 bits per heavy atom. The number of benzene rings is 2. The summed E-state index contributed by atoms with van der Waals surface area (Å²) in [6, 6.07) is 13.0. The lowest BCUT2D eigenvalue weighted by Crippen LogP contribution is -2.07. The maximum atomic E-state index is 13.5. The Morgan fingerprint density at radius 2 is 1.95 bits per heavy atom. The van der Waals surface area contributed by atoms with Gasteiger partial charge in [0, 0.05) is 21.8 Å². The number of amides is 1. The van der Waals surface area contributed by atoms with Crippen molar-refractivity contribution in [2.45, 2.75) is 0 Å². The first-order chi connectivity index (χ1) is 10.1. The molecule has 3 nitrogen and oxygen atoms in total. The number of nitrogens with one attached hydrogen (secondary N) is 1. The Labute approximate surface area is 129 Å². The molecule has 0 heterocycles. The van der Waals surface area contributed by atoms with Crippen molar-refractivity contribution in [3.8, 4) is 6.07 Å². The molecule has 0 saturated carbocycles. The highest BCUT2D eigenvalue weighted by molar-refractivity contribution is 9.10. The average Bonchev–Trinajstić information content (AvgIpc) is 2.49. The summed E-state index contributed by atoms with van der Waals surface area (Å²) < 4.78 is 14.2. The molecule has 104 valence electrons. The summed E-state index contributed by atoms with van der Waals surface area (Å²) in [5.74, 6) is -0.778. The Bertz CT molecular complexity index is 733. The van der Waals surface area contributed by atoms with E-state index in [1.165, 1.54) is 18.2 Å². The van der Waals surface area contributed by atoms with E-state index in [9.17, 15) is 9.18 Å². The number of hydrogen-bond acceptors (Lipinski definition) is 2. The number of carbonyl (C=O) groups excluding carboxylic acids is 1. The van der Waals surface area contributed by atoms with Crippen LogP contribution in [0.1, 0.15) is 11.1 Å². The summed E-state index contributed by atoms with van der Waals surface area (Å²) in [5.41, 5.74) is 1.40. The fraction of sp³-hybridized carbons (Fsp3) is 0. The van der Waals surface area contributed by atoms with Crippen molar-refractivity contribution in [1.82, 2.24) is 0 Å². The van der Waals surface area contributed by atoms with Gasteiger partial charge >= 0.3 is 0 Å². The van der Waals surface area contributed by atoms with Gasteiger partial charge in [-0.1, -0.05) is 15.9 Å². The largest absolute Gasteiger partial charge is 0.323 e. The second kappa shape index (κ2) is 6.82. The predicted molar refractivity (Wildman–Crippen MR) is 82.9 cm³/mol. The molecule has 0 aromatic heterocycles. The molecule has 0 radical (unpaired) electrons. The predicted octanol–water partition coefficient (Wildman–Crippen LogP) is 4.11. The highest BCUT2D eigenvalue weighted by atomic mass is 79.9. The zero-order chi connectivity index (χ0) is 15.2. The van der Waals surface area contributed by atoms with Gasteiger partial charge in [0.15, 0.2) is 0 Å². The number of halogens is 2. The molecular formula is C16H10BrFN2O. The third-order valence-corrected chi connectivity index (χ3v) is 3.15. The van der Waals surface area contributed by atoms with E-state index in [1.54, 1.807) is 36.4 Å². The van der Waals surface area contributed by atoms with Gasteiger partial charge in [0.25, 0.3) is 0 Å². The topological polar surface area (TPSA) is 52.9 Å². The lowest BCUT2D eigenvalue weighted by atomic mass is 10.2. The molecule has 0 atom stereocenters. The van der Waals surface area contributed by atoms with Crippen LogP contribution >= 0.6 is 15.9 Å². The number of anilines is 1. The van der Waals surface area contributed by atoms with Crippen LogP contribution in [0.3, 0.4) is 0 Å². The van der Waals surface area contributed by atoms with Crippen LogP contribution in [0.4, 0.5) is 10.1 Å². The van der Waals surface area contributed by atoms with Gasteiger partial charge in [-0.25, -0.2) is 4.39 Å². The van der Waals surface area contributed by atoms with Gasteiger partial charge in [-0.3, -0.25) is 4.79 Å². The van der Waals surface area contributed by atoms with Crippen molar-refractivity contribution in [1.29, 1.82) is 5.26 Å². The number of hydrogen-bond donors (Lipinski definition) is 1. The van der Waals surface area contributed by atoms with Crippen LogP contribution in [-0.4, -0.2) is 5.91 Å². The van der Waals surface area contributed by atoms with E-state index in [1.807, 2.05) is 6.07 Å². The van der Waals surface area contributed by atoms with Crippen LogP contribution in [0.2, 0.25) is 0 Å². The zero-order valence-corrected chi connectivity index (χ0v) is 12.4. The zero-order valence-electron chi connectivity index (χ0n) is 10.8. The van der Waals surface area contributed by atoms with Crippen LogP contribution in [-0.2, 0) is 4.79 Å². The Kier molecular flexibility index (Phi) is 4.85. The minimum Gasteiger partial charge on any atom is -0.323 e. The number of rotatable bonds is 3. The summed E-state index contributed by atoms with van der Waals surface area (Å²) in [7, 11) is 0. The molecule has 0 unspecified atom stereocenters. The van der Waals surface area contributed by atoms with E-state index in [4.69, 9.17) is 5.26 Å². The van der Waals surface area contributed by atoms with Crippen molar-refractivity contribution < 1.29 is 9.18 Å². The van der Waals surface area contributed by atoms with Gasteiger partial charge < -0.3 is 5.32 Å². The minimum absolute atomic E-state index is 0.319. The lowest BCUT2D eigenvalue weighted by Gasteiger charge is -2.02. The van der Waals surface area contributed by atoms with Crippen LogP contribution in [0.5, 0.6) is 0 Å². The third kappa shape index (κ3) is 4.26. The molecule has 2 aromatic rings. The van der Waals surface area contributed by atoms with E-state index >= 15 is 0 Å². The monoisotopic (exact) mass is 344 g/mol. The van der Waals surface area contributed by atoms with Crippen LogP contribution in [0.25, 0.3) is 6.08 Å². The molecule has 0 fully saturated rings. The Balaban J connectivity index is 2.05.